The molecule has 2 saturated heterocycles. The summed E-state index contributed by atoms with van der Waals surface area (Å²) in [6, 6.07) is 8.30. The molecule has 1 aromatic rings. The van der Waals surface area contributed by atoms with Gasteiger partial charge in [-0.25, -0.2) is 0 Å². The van der Waals surface area contributed by atoms with Gasteiger partial charge in [-0.1, -0.05) is 0 Å². The normalized spacial score (nSPS) is 22.8. The van der Waals surface area contributed by atoms with Crippen LogP contribution in [0.1, 0.15) is 19.3 Å². The second kappa shape index (κ2) is 8.06. The van der Waals surface area contributed by atoms with E-state index in [2.05, 4.69) is 34.3 Å². The standard InChI is InChI=1S/C18H27N3OS/c1-20-8-10-21(11-9-20)17-6-4-16(5-7-17)19-18(22)13-15-3-2-12-23-14-15/h4-7,15H,2-3,8-14H2,1H3,(H,19,22). The van der Waals surface area contributed by atoms with Crippen molar-refractivity contribution in [2.75, 3.05) is 54.9 Å². The summed E-state index contributed by atoms with van der Waals surface area (Å²) in [6.07, 6.45) is 3.11. The summed E-state index contributed by atoms with van der Waals surface area (Å²) < 4.78 is 0. The monoisotopic (exact) mass is 333 g/mol. The molecule has 1 aromatic carbocycles. The van der Waals surface area contributed by atoms with Crippen molar-refractivity contribution in [3.8, 4) is 0 Å². The SMILES string of the molecule is CN1CCN(c2ccc(NC(=O)CC3CCCSC3)cc2)CC1. The Morgan fingerprint density at radius 1 is 1.22 bits per heavy atom. The molecule has 2 aliphatic rings. The highest BCUT2D eigenvalue weighted by atomic mass is 32.2. The van der Waals surface area contributed by atoms with Crippen molar-refractivity contribution >= 4 is 29.0 Å². The minimum absolute atomic E-state index is 0.157. The third kappa shape index (κ3) is 4.88. The number of piperazine rings is 1. The summed E-state index contributed by atoms with van der Waals surface area (Å²) in [7, 11) is 2.17. The lowest BCUT2D eigenvalue weighted by Gasteiger charge is -2.34. The van der Waals surface area contributed by atoms with Gasteiger partial charge in [0.05, 0.1) is 0 Å². The van der Waals surface area contributed by atoms with Gasteiger partial charge in [-0.05, 0) is 61.6 Å². The molecule has 0 aliphatic carbocycles. The number of hydrogen-bond acceptors (Lipinski definition) is 4. The first kappa shape index (κ1) is 16.7. The van der Waals surface area contributed by atoms with Crippen LogP contribution in [-0.2, 0) is 4.79 Å². The van der Waals surface area contributed by atoms with Gasteiger partial charge in [0.15, 0.2) is 0 Å². The maximum absolute atomic E-state index is 12.2. The van der Waals surface area contributed by atoms with E-state index in [0.717, 1.165) is 37.6 Å². The Morgan fingerprint density at radius 2 is 1.96 bits per heavy atom. The number of nitrogens with one attached hydrogen (secondary N) is 1. The smallest absolute Gasteiger partial charge is 0.224 e. The second-order valence-corrected chi connectivity index (χ2v) is 7.82. The van der Waals surface area contributed by atoms with Gasteiger partial charge in [0.25, 0.3) is 0 Å². The average molecular weight is 334 g/mol. The van der Waals surface area contributed by atoms with Gasteiger partial charge in [0, 0.05) is 44.0 Å². The summed E-state index contributed by atoms with van der Waals surface area (Å²) in [5, 5.41) is 3.05. The number of benzene rings is 1. The molecule has 126 valence electrons. The van der Waals surface area contributed by atoms with Crippen molar-refractivity contribution in [1.29, 1.82) is 0 Å². The molecule has 23 heavy (non-hydrogen) atoms. The lowest BCUT2D eigenvalue weighted by atomic mass is 10.0. The second-order valence-electron chi connectivity index (χ2n) is 6.67. The number of likely N-dealkylation sites (N-methyl/N-ethyl adjacent to an activating group) is 1. The number of carbonyl (C=O) groups excluding carboxylic acids is 1. The number of rotatable bonds is 4. The van der Waals surface area contributed by atoms with Gasteiger partial charge >= 0.3 is 0 Å². The van der Waals surface area contributed by atoms with Crippen molar-refractivity contribution < 1.29 is 4.79 Å². The summed E-state index contributed by atoms with van der Waals surface area (Å²) in [4.78, 5) is 16.9. The van der Waals surface area contributed by atoms with Crippen LogP contribution in [0.15, 0.2) is 24.3 Å². The number of anilines is 2. The Bertz CT molecular complexity index is 506. The first-order valence-corrected chi connectivity index (χ1v) is 9.77. The van der Waals surface area contributed by atoms with Crippen molar-refractivity contribution in [2.24, 2.45) is 5.92 Å². The van der Waals surface area contributed by atoms with Crippen LogP contribution in [0.3, 0.4) is 0 Å². The molecule has 5 heteroatoms. The van der Waals surface area contributed by atoms with E-state index in [-0.39, 0.29) is 5.91 Å². The molecule has 3 rings (SSSR count). The Hall–Kier alpha value is -1.20. The van der Waals surface area contributed by atoms with Gasteiger partial charge in [0.1, 0.15) is 0 Å². The van der Waals surface area contributed by atoms with E-state index >= 15 is 0 Å². The summed E-state index contributed by atoms with van der Waals surface area (Å²) in [6.45, 7) is 4.36. The molecule has 2 fully saturated rings. The maximum Gasteiger partial charge on any atom is 0.224 e. The molecular formula is C18H27N3OS. The Morgan fingerprint density at radius 3 is 2.61 bits per heavy atom. The van der Waals surface area contributed by atoms with Crippen LogP contribution in [0.4, 0.5) is 11.4 Å². The fourth-order valence-corrected chi connectivity index (χ4v) is 4.42. The summed E-state index contributed by atoms with van der Waals surface area (Å²) in [5.41, 5.74) is 2.16. The predicted octanol–water partition coefficient (Wildman–Crippen LogP) is 2.91. The third-order valence-corrected chi connectivity index (χ3v) is 6.03. The number of amides is 1. The van der Waals surface area contributed by atoms with Gasteiger partial charge in [-0.3, -0.25) is 4.79 Å². The molecule has 0 bridgehead atoms. The Balaban J connectivity index is 1.49. The zero-order valence-corrected chi connectivity index (χ0v) is 14.8. The molecule has 0 aromatic heterocycles. The maximum atomic E-state index is 12.2. The Labute approximate surface area is 143 Å². The van der Waals surface area contributed by atoms with Crippen LogP contribution in [0, 0.1) is 5.92 Å². The highest BCUT2D eigenvalue weighted by Crippen LogP contribution is 2.26. The molecule has 2 heterocycles. The van der Waals surface area contributed by atoms with E-state index in [1.165, 1.54) is 24.3 Å². The molecule has 4 nitrogen and oxygen atoms in total. The van der Waals surface area contributed by atoms with Crippen molar-refractivity contribution in [2.45, 2.75) is 19.3 Å². The van der Waals surface area contributed by atoms with Crippen LogP contribution >= 0.6 is 11.8 Å². The van der Waals surface area contributed by atoms with E-state index in [9.17, 15) is 4.79 Å². The van der Waals surface area contributed by atoms with E-state index in [1.807, 2.05) is 23.9 Å². The van der Waals surface area contributed by atoms with E-state index in [1.54, 1.807) is 0 Å². The van der Waals surface area contributed by atoms with Gasteiger partial charge in [0.2, 0.25) is 5.91 Å². The molecule has 1 N–H and O–H groups in total. The molecule has 1 amide bonds. The first-order valence-electron chi connectivity index (χ1n) is 8.62. The zero-order valence-electron chi connectivity index (χ0n) is 14.0. The fraction of sp³-hybridized carbons (Fsp3) is 0.611. The lowest BCUT2D eigenvalue weighted by molar-refractivity contribution is -0.117. The molecule has 0 spiro atoms. The topological polar surface area (TPSA) is 35.6 Å². The summed E-state index contributed by atoms with van der Waals surface area (Å²) in [5.74, 6) is 3.10. The van der Waals surface area contributed by atoms with Crippen molar-refractivity contribution in [3.05, 3.63) is 24.3 Å². The average Bonchev–Trinajstić information content (AvgIpc) is 2.57. The fourth-order valence-electron chi connectivity index (χ4n) is 3.26. The predicted molar refractivity (Wildman–Crippen MR) is 99.4 cm³/mol. The first-order chi connectivity index (χ1) is 11.2. The minimum Gasteiger partial charge on any atom is -0.369 e. The number of nitrogens with zero attached hydrogens (tertiary/aromatic N) is 2. The molecule has 0 radical (unpaired) electrons. The van der Waals surface area contributed by atoms with E-state index in [0.29, 0.717) is 12.3 Å². The molecule has 1 atom stereocenters. The number of thioether (sulfide) groups is 1. The molecule has 1 unspecified atom stereocenters. The summed E-state index contributed by atoms with van der Waals surface area (Å²) >= 11 is 1.98. The van der Waals surface area contributed by atoms with Gasteiger partial charge < -0.3 is 15.1 Å². The van der Waals surface area contributed by atoms with Crippen LogP contribution in [0.5, 0.6) is 0 Å². The molecule has 0 saturated carbocycles. The van der Waals surface area contributed by atoms with E-state index < -0.39 is 0 Å². The van der Waals surface area contributed by atoms with Crippen LogP contribution < -0.4 is 10.2 Å². The number of carbonyl (C=O) groups is 1. The third-order valence-electron chi connectivity index (χ3n) is 4.75. The number of hydrogen-bond donors (Lipinski definition) is 1. The molecular weight excluding hydrogens is 306 g/mol. The van der Waals surface area contributed by atoms with Gasteiger partial charge in [-0.2, -0.15) is 11.8 Å². The van der Waals surface area contributed by atoms with Crippen molar-refractivity contribution in [1.82, 2.24) is 4.90 Å². The molecule has 2 aliphatic heterocycles. The highest BCUT2D eigenvalue weighted by molar-refractivity contribution is 7.99. The van der Waals surface area contributed by atoms with Crippen LogP contribution in [0.25, 0.3) is 0 Å². The zero-order chi connectivity index (χ0) is 16.1. The largest absolute Gasteiger partial charge is 0.369 e. The van der Waals surface area contributed by atoms with Gasteiger partial charge in [-0.15, -0.1) is 0 Å². The van der Waals surface area contributed by atoms with E-state index in [4.69, 9.17) is 0 Å². The minimum atomic E-state index is 0.157. The van der Waals surface area contributed by atoms with Crippen LogP contribution in [-0.4, -0.2) is 55.5 Å². The lowest BCUT2D eigenvalue weighted by Crippen LogP contribution is -2.44. The Kier molecular flexibility index (Phi) is 5.84. The highest BCUT2D eigenvalue weighted by Gasteiger charge is 2.18. The van der Waals surface area contributed by atoms with Crippen molar-refractivity contribution in [3.63, 3.8) is 0 Å². The quantitative estimate of drug-likeness (QED) is 0.919. The van der Waals surface area contributed by atoms with Crippen LogP contribution in [0.2, 0.25) is 0 Å².